The molecule has 3 rings (SSSR count). The maximum atomic E-state index is 12.4. The van der Waals surface area contributed by atoms with Gasteiger partial charge in [-0.25, -0.2) is 0 Å². The first-order chi connectivity index (χ1) is 11.6. The van der Waals surface area contributed by atoms with Crippen LogP contribution in [0, 0.1) is 4.77 Å². The smallest absolute Gasteiger partial charge is 0.387 e. The quantitative estimate of drug-likeness (QED) is 0.580. The highest BCUT2D eigenvalue weighted by molar-refractivity contribution is 7.71. The van der Waals surface area contributed by atoms with Crippen LogP contribution in [0.1, 0.15) is 5.56 Å². The molecule has 122 valence electrons. The lowest BCUT2D eigenvalue weighted by molar-refractivity contribution is -0.0499. The normalized spacial score (nSPS) is 11.5. The number of fused-ring (bicyclic) bond motifs is 1. The molecule has 0 saturated heterocycles. The summed E-state index contributed by atoms with van der Waals surface area (Å²) in [6.07, 6.45) is 1.25. The molecule has 0 saturated carbocycles. The SMILES string of the molecule is O=c1c2ccccc2[nH]c(=S)n1/N=C\c1ccccc1OC(F)F. The second kappa shape index (κ2) is 6.71. The molecule has 0 unspecified atom stereocenters. The van der Waals surface area contributed by atoms with Crippen molar-refractivity contribution in [2.24, 2.45) is 5.10 Å². The van der Waals surface area contributed by atoms with Crippen molar-refractivity contribution in [3.05, 3.63) is 69.2 Å². The van der Waals surface area contributed by atoms with E-state index in [0.29, 0.717) is 16.5 Å². The minimum atomic E-state index is -2.95. The molecule has 0 fully saturated rings. The number of hydrogen-bond donors (Lipinski definition) is 1. The van der Waals surface area contributed by atoms with E-state index in [9.17, 15) is 13.6 Å². The van der Waals surface area contributed by atoms with Crippen LogP contribution in [0.5, 0.6) is 5.75 Å². The Hall–Kier alpha value is -2.87. The van der Waals surface area contributed by atoms with E-state index in [1.165, 1.54) is 12.3 Å². The lowest BCUT2D eigenvalue weighted by Gasteiger charge is -2.07. The molecule has 1 heterocycles. The minimum absolute atomic E-state index is 0.0417. The Labute approximate surface area is 139 Å². The van der Waals surface area contributed by atoms with Gasteiger partial charge in [-0.15, -0.1) is 0 Å². The molecular weight excluding hydrogens is 336 g/mol. The van der Waals surface area contributed by atoms with Crippen molar-refractivity contribution in [3.8, 4) is 5.75 Å². The molecule has 0 aliphatic heterocycles. The summed E-state index contributed by atoms with van der Waals surface area (Å²) in [7, 11) is 0. The number of aromatic amines is 1. The summed E-state index contributed by atoms with van der Waals surface area (Å²) in [5, 5.41) is 4.43. The number of ether oxygens (including phenoxy) is 1. The van der Waals surface area contributed by atoms with Gasteiger partial charge in [-0.3, -0.25) is 4.79 Å². The summed E-state index contributed by atoms with van der Waals surface area (Å²) >= 11 is 5.13. The fraction of sp³-hybridized carbons (Fsp3) is 0.0625. The molecule has 2 aromatic carbocycles. The number of nitrogens with one attached hydrogen (secondary N) is 1. The van der Waals surface area contributed by atoms with Gasteiger partial charge in [0.25, 0.3) is 5.56 Å². The molecule has 0 aliphatic carbocycles. The van der Waals surface area contributed by atoms with Gasteiger partial charge < -0.3 is 9.72 Å². The Balaban J connectivity index is 2.06. The van der Waals surface area contributed by atoms with Crippen molar-refractivity contribution in [2.75, 3.05) is 0 Å². The Kier molecular flexibility index (Phi) is 4.48. The third kappa shape index (κ3) is 3.23. The van der Waals surface area contributed by atoms with Crippen LogP contribution in [-0.2, 0) is 0 Å². The van der Waals surface area contributed by atoms with Crippen molar-refractivity contribution in [2.45, 2.75) is 6.61 Å². The molecule has 0 atom stereocenters. The average Bonchev–Trinajstić information content (AvgIpc) is 2.55. The summed E-state index contributed by atoms with van der Waals surface area (Å²) in [6, 6.07) is 13.0. The van der Waals surface area contributed by atoms with Crippen LogP contribution in [0.15, 0.2) is 58.4 Å². The number of benzene rings is 2. The highest BCUT2D eigenvalue weighted by Crippen LogP contribution is 2.18. The van der Waals surface area contributed by atoms with Gasteiger partial charge in [0.15, 0.2) is 0 Å². The molecule has 0 spiro atoms. The van der Waals surface area contributed by atoms with Crippen LogP contribution >= 0.6 is 12.2 Å². The molecule has 24 heavy (non-hydrogen) atoms. The van der Waals surface area contributed by atoms with E-state index in [0.717, 1.165) is 4.68 Å². The molecule has 8 heteroatoms. The first kappa shape index (κ1) is 16.0. The zero-order valence-electron chi connectivity index (χ0n) is 12.1. The predicted octanol–water partition coefficient (Wildman–Crippen LogP) is 3.54. The van der Waals surface area contributed by atoms with E-state index in [2.05, 4.69) is 14.8 Å². The van der Waals surface area contributed by atoms with Gasteiger partial charge in [-0.1, -0.05) is 24.3 Å². The predicted molar refractivity (Wildman–Crippen MR) is 89.5 cm³/mol. The number of para-hydroxylation sites is 2. The molecule has 0 bridgehead atoms. The molecule has 0 amide bonds. The van der Waals surface area contributed by atoms with E-state index in [1.807, 2.05) is 0 Å². The first-order valence-electron chi connectivity index (χ1n) is 6.88. The van der Waals surface area contributed by atoms with Crippen LogP contribution in [0.4, 0.5) is 8.78 Å². The monoisotopic (exact) mass is 347 g/mol. The highest BCUT2D eigenvalue weighted by Gasteiger charge is 2.08. The first-order valence-corrected chi connectivity index (χ1v) is 7.29. The Bertz CT molecular complexity index is 1030. The fourth-order valence-corrected chi connectivity index (χ4v) is 2.41. The van der Waals surface area contributed by atoms with Crippen molar-refractivity contribution in [3.63, 3.8) is 0 Å². The molecule has 3 aromatic rings. The lowest BCUT2D eigenvalue weighted by Crippen LogP contribution is -2.18. The maximum Gasteiger partial charge on any atom is 0.387 e. The van der Waals surface area contributed by atoms with Gasteiger partial charge in [0.2, 0.25) is 4.77 Å². The summed E-state index contributed by atoms with van der Waals surface area (Å²) < 4.78 is 30.4. The van der Waals surface area contributed by atoms with Crippen LogP contribution in [0.3, 0.4) is 0 Å². The van der Waals surface area contributed by atoms with Gasteiger partial charge in [-0.05, 0) is 36.5 Å². The molecule has 0 radical (unpaired) electrons. The zero-order valence-corrected chi connectivity index (χ0v) is 13.0. The van der Waals surface area contributed by atoms with Crippen LogP contribution in [-0.4, -0.2) is 22.5 Å². The summed E-state index contributed by atoms with van der Waals surface area (Å²) in [6.45, 7) is -2.95. The molecular formula is C16H11F2N3O2S. The number of H-pyrrole nitrogens is 1. The largest absolute Gasteiger partial charge is 0.434 e. The Morgan fingerprint density at radius 1 is 1.17 bits per heavy atom. The van der Waals surface area contributed by atoms with Crippen LogP contribution in [0.2, 0.25) is 0 Å². The van der Waals surface area contributed by atoms with Gasteiger partial charge >= 0.3 is 6.61 Å². The second-order valence-electron chi connectivity index (χ2n) is 4.75. The van der Waals surface area contributed by atoms with E-state index >= 15 is 0 Å². The van der Waals surface area contributed by atoms with E-state index in [1.54, 1.807) is 42.5 Å². The Morgan fingerprint density at radius 2 is 1.88 bits per heavy atom. The number of nitrogens with zero attached hydrogens (tertiary/aromatic N) is 2. The van der Waals surface area contributed by atoms with Crippen molar-refractivity contribution >= 4 is 29.3 Å². The van der Waals surface area contributed by atoms with Crippen LogP contribution < -0.4 is 10.3 Å². The van der Waals surface area contributed by atoms with Gasteiger partial charge in [0.1, 0.15) is 5.75 Å². The zero-order chi connectivity index (χ0) is 17.1. The second-order valence-corrected chi connectivity index (χ2v) is 5.14. The van der Waals surface area contributed by atoms with Gasteiger partial charge in [0.05, 0.1) is 17.1 Å². The van der Waals surface area contributed by atoms with Crippen molar-refractivity contribution in [1.82, 2.24) is 9.66 Å². The number of halogens is 2. The summed E-state index contributed by atoms with van der Waals surface area (Å²) in [4.78, 5) is 15.3. The summed E-state index contributed by atoms with van der Waals surface area (Å²) in [5.41, 5.74) is 0.491. The third-order valence-electron chi connectivity index (χ3n) is 3.23. The van der Waals surface area contributed by atoms with Crippen molar-refractivity contribution < 1.29 is 13.5 Å². The van der Waals surface area contributed by atoms with E-state index in [4.69, 9.17) is 12.2 Å². The maximum absolute atomic E-state index is 12.4. The van der Waals surface area contributed by atoms with E-state index in [-0.39, 0.29) is 10.5 Å². The molecule has 5 nitrogen and oxygen atoms in total. The number of hydrogen-bond acceptors (Lipinski definition) is 4. The lowest BCUT2D eigenvalue weighted by atomic mass is 10.2. The number of aromatic nitrogens is 2. The van der Waals surface area contributed by atoms with Gasteiger partial charge in [-0.2, -0.15) is 18.6 Å². The average molecular weight is 347 g/mol. The fourth-order valence-electron chi connectivity index (χ4n) is 2.17. The van der Waals surface area contributed by atoms with Crippen molar-refractivity contribution in [1.29, 1.82) is 0 Å². The number of rotatable bonds is 4. The molecule has 0 aliphatic rings. The molecule has 1 N–H and O–H groups in total. The number of alkyl halides is 2. The van der Waals surface area contributed by atoms with Gasteiger partial charge in [0, 0.05) is 5.56 Å². The standard InChI is InChI=1S/C16H11F2N3O2S/c17-15(18)23-13-8-4-1-5-10(13)9-19-21-14(22)11-6-2-3-7-12(11)20-16(21)24/h1-9,15H,(H,20,24)/b19-9-. The molecule has 1 aromatic heterocycles. The Morgan fingerprint density at radius 3 is 2.67 bits per heavy atom. The summed E-state index contributed by atoms with van der Waals surface area (Å²) in [5.74, 6) is -0.0417. The van der Waals surface area contributed by atoms with Crippen LogP contribution in [0.25, 0.3) is 10.9 Å². The van der Waals surface area contributed by atoms with E-state index < -0.39 is 12.2 Å². The highest BCUT2D eigenvalue weighted by atomic mass is 32.1. The third-order valence-corrected chi connectivity index (χ3v) is 3.51. The topological polar surface area (TPSA) is 59.4 Å². The minimum Gasteiger partial charge on any atom is -0.434 e.